The number of ether oxygens (including phenoxy) is 1. The molecule has 0 bridgehead atoms. The third-order valence-corrected chi connectivity index (χ3v) is 2.60. The molecule has 1 aromatic rings. The summed E-state index contributed by atoms with van der Waals surface area (Å²) in [6.45, 7) is 0.0542. The molecule has 96 valence electrons. The summed E-state index contributed by atoms with van der Waals surface area (Å²) in [5.74, 6) is 0.580. The van der Waals surface area contributed by atoms with E-state index in [4.69, 9.17) is 21.4 Å². The van der Waals surface area contributed by atoms with Gasteiger partial charge in [0.05, 0.1) is 7.11 Å². The fourth-order valence-corrected chi connectivity index (χ4v) is 1.57. The number of aliphatic hydroxyl groups is 1. The highest BCUT2D eigenvalue weighted by Crippen LogP contribution is 2.25. The lowest BCUT2D eigenvalue weighted by molar-refractivity contribution is -0.00342. The molecule has 17 heavy (non-hydrogen) atoms. The van der Waals surface area contributed by atoms with E-state index in [0.717, 1.165) is 0 Å². The van der Waals surface area contributed by atoms with E-state index < -0.39 is 12.5 Å². The van der Waals surface area contributed by atoms with Crippen molar-refractivity contribution in [2.24, 2.45) is 0 Å². The van der Waals surface area contributed by atoms with E-state index in [1.54, 1.807) is 18.2 Å². The van der Waals surface area contributed by atoms with E-state index in [1.807, 2.05) is 0 Å². The molecule has 0 saturated heterocycles. The first kappa shape index (κ1) is 14.2. The zero-order valence-corrected chi connectivity index (χ0v) is 10.0. The van der Waals surface area contributed by atoms with Crippen LogP contribution in [0.3, 0.4) is 0 Å². The van der Waals surface area contributed by atoms with Crippen LogP contribution in [0.2, 0.25) is 5.02 Å². The van der Waals surface area contributed by atoms with Crippen LogP contribution in [0.15, 0.2) is 18.2 Å². The molecule has 0 heterocycles. The molecule has 6 heteroatoms. The minimum Gasteiger partial charge on any atom is -0.496 e. The number of methoxy groups -OCH3 is 1. The Morgan fingerprint density at radius 2 is 2.18 bits per heavy atom. The maximum Gasteiger partial charge on any atom is 0.265 e. The fourth-order valence-electron chi connectivity index (χ4n) is 1.34. The summed E-state index contributed by atoms with van der Waals surface area (Å²) in [7, 11) is 1.50. The number of aliphatic hydroxyl groups excluding tert-OH is 1. The van der Waals surface area contributed by atoms with Gasteiger partial charge in [-0.2, -0.15) is 0 Å². The van der Waals surface area contributed by atoms with Crippen LogP contribution in [0.1, 0.15) is 5.56 Å². The number of alkyl halides is 2. The van der Waals surface area contributed by atoms with Crippen molar-refractivity contribution in [1.29, 1.82) is 0 Å². The maximum atomic E-state index is 12.0. The summed E-state index contributed by atoms with van der Waals surface area (Å²) in [4.78, 5) is 0. The second kappa shape index (κ2) is 6.74. The lowest BCUT2D eigenvalue weighted by Gasteiger charge is -2.13. The average molecular weight is 266 g/mol. The zero-order valence-electron chi connectivity index (χ0n) is 9.29. The summed E-state index contributed by atoms with van der Waals surface area (Å²) in [6, 6.07) is 5.15. The molecule has 3 nitrogen and oxygen atoms in total. The monoisotopic (exact) mass is 265 g/mol. The maximum absolute atomic E-state index is 12.0. The lowest BCUT2D eigenvalue weighted by atomic mass is 10.2. The Hall–Kier alpha value is -0.910. The van der Waals surface area contributed by atoms with Crippen molar-refractivity contribution in [3.05, 3.63) is 28.8 Å². The number of halogens is 3. The summed E-state index contributed by atoms with van der Waals surface area (Å²) >= 11 is 5.96. The number of rotatable bonds is 6. The van der Waals surface area contributed by atoms with Crippen LogP contribution in [-0.2, 0) is 6.54 Å². The summed E-state index contributed by atoms with van der Waals surface area (Å²) in [5.41, 5.74) is 0.679. The van der Waals surface area contributed by atoms with Gasteiger partial charge in [0.25, 0.3) is 6.43 Å². The van der Waals surface area contributed by atoms with Crippen LogP contribution >= 0.6 is 11.6 Å². The van der Waals surface area contributed by atoms with Crippen molar-refractivity contribution in [2.75, 3.05) is 13.7 Å². The Morgan fingerprint density at radius 1 is 1.47 bits per heavy atom. The quantitative estimate of drug-likeness (QED) is 0.827. The van der Waals surface area contributed by atoms with Crippen molar-refractivity contribution < 1.29 is 18.6 Å². The first-order chi connectivity index (χ1) is 8.06. The summed E-state index contributed by atoms with van der Waals surface area (Å²) in [6.07, 6.45) is -4.43. The molecule has 1 atom stereocenters. The Balaban J connectivity index is 2.57. The van der Waals surface area contributed by atoms with Gasteiger partial charge in [-0.25, -0.2) is 8.78 Å². The highest BCUT2D eigenvalue weighted by atomic mass is 35.5. The summed E-state index contributed by atoms with van der Waals surface area (Å²) < 4.78 is 29.2. The van der Waals surface area contributed by atoms with E-state index in [2.05, 4.69) is 5.32 Å². The van der Waals surface area contributed by atoms with Crippen molar-refractivity contribution in [3.63, 3.8) is 0 Å². The van der Waals surface area contributed by atoms with Crippen molar-refractivity contribution in [3.8, 4) is 5.75 Å². The van der Waals surface area contributed by atoms with Crippen LogP contribution in [-0.4, -0.2) is 31.3 Å². The van der Waals surface area contributed by atoms with Gasteiger partial charge in [-0.3, -0.25) is 0 Å². The van der Waals surface area contributed by atoms with E-state index in [9.17, 15) is 8.78 Å². The number of hydrogen-bond donors (Lipinski definition) is 2. The van der Waals surface area contributed by atoms with Crippen LogP contribution in [0.5, 0.6) is 5.75 Å². The molecule has 0 fully saturated rings. The van der Waals surface area contributed by atoms with Crippen molar-refractivity contribution in [2.45, 2.75) is 19.1 Å². The molecule has 0 amide bonds. The predicted octanol–water partition coefficient (Wildman–Crippen LogP) is 2.06. The standard InChI is InChI=1S/C11H14ClF2NO2/c1-17-10-4-2-3-8(12)7(10)5-15-6-9(16)11(13)14/h2-4,9,11,15-16H,5-6H2,1H3. The van der Waals surface area contributed by atoms with Gasteiger partial charge >= 0.3 is 0 Å². The minimum absolute atomic E-state index is 0.202. The molecule has 1 rings (SSSR count). The topological polar surface area (TPSA) is 41.5 Å². The lowest BCUT2D eigenvalue weighted by Crippen LogP contribution is -2.31. The molecule has 0 aliphatic heterocycles. The van der Waals surface area contributed by atoms with E-state index in [1.165, 1.54) is 7.11 Å². The molecule has 2 N–H and O–H groups in total. The van der Waals surface area contributed by atoms with Gasteiger partial charge in [0.15, 0.2) is 0 Å². The Bertz CT molecular complexity index is 363. The minimum atomic E-state index is -2.75. The van der Waals surface area contributed by atoms with Gasteiger partial charge in [-0.15, -0.1) is 0 Å². The molecular formula is C11H14ClF2NO2. The second-order valence-corrected chi connectivity index (χ2v) is 3.86. The van der Waals surface area contributed by atoms with Crippen LogP contribution in [0.25, 0.3) is 0 Å². The largest absolute Gasteiger partial charge is 0.496 e. The number of nitrogens with one attached hydrogen (secondary N) is 1. The highest BCUT2D eigenvalue weighted by molar-refractivity contribution is 6.31. The third-order valence-electron chi connectivity index (χ3n) is 2.24. The van der Waals surface area contributed by atoms with Gasteiger partial charge in [0, 0.05) is 23.7 Å². The SMILES string of the molecule is COc1cccc(Cl)c1CNCC(O)C(F)F. The van der Waals surface area contributed by atoms with Gasteiger partial charge in [-0.05, 0) is 12.1 Å². The molecule has 0 aliphatic rings. The average Bonchev–Trinajstić information content (AvgIpc) is 2.30. The molecule has 1 unspecified atom stereocenters. The van der Waals surface area contributed by atoms with Crippen molar-refractivity contribution in [1.82, 2.24) is 5.32 Å². The first-order valence-electron chi connectivity index (χ1n) is 5.04. The zero-order chi connectivity index (χ0) is 12.8. The van der Waals surface area contributed by atoms with Crippen LogP contribution in [0.4, 0.5) is 8.78 Å². The van der Waals surface area contributed by atoms with E-state index in [0.29, 0.717) is 16.3 Å². The molecule has 0 saturated carbocycles. The van der Waals surface area contributed by atoms with Gasteiger partial charge in [-0.1, -0.05) is 17.7 Å². The highest BCUT2D eigenvalue weighted by Gasteiger charge is 2.16. The number of hydrogen-bond acceptors (Lipinski definition) is 3. The predicted molar refractivity (Wildman–Crippen MR) is 61.7 cm³/mol. The van der Waals surface area contributed by atoms with Gasteiger partial charge < -0.3 is 15.2 Å². The number of benzene rings is 1. The normalized spacial score (nSPS) is 12.8. The smallest absolute Gasteiger partial charge is 0.265 e. The Labute approximate surface area is 103 Å². The first-order valence-corrected chi connectivity index (χ1v) is 5.42. The molecular weight excluding hydrogens is 252 g/mol. The Kier molecular flexibility index (Phi) is 5.61. The molecule has 1 aromatic carbocycles. The van der Waals surface area contributed by atoms with Crippen LogP contribution < -0.4 is 10.1 Å². The second-order valence-electron chi connectivity index (χ2n) is 3.45. The molecule has 0 spiro atoms. The van der Waals surface area contributed by atoms with Crippen molar-refractivity contribution >= 4 is 11.6 Å². The molecule has 0 aliphatic carbocycles. The fraction of sp³-hybridized carbons (Fsp3) is 0.455. The van der Waals surface area contributed by atoms with Gasteiger partial charge in [0.1, 0.15) is 11.9 Å². The Morgan fingerprint density at radius 3 is 2.76 bits per heavy atom. The third kappa shape index (κ3) is 4.11. The van der Waals surface area contributed by atoms with E-state index >= 15 is 0 Å². The summed E-state index contributed by atoms with van der Waals surface area (Å²) in [5, 5.41) is 12.1. The van der Waals surface area contributed by atoms with E-state index in [-0.39, 0.29) is 13.1 Å². The molecule has 0 aromatic heterocycles. The van der Waals surface area contributed by atoms with Crippen LogP contribution in [0, 0.1) is 0 Å². The molecule has 0 radical (unpaired) electrons. The van der Waals surface area contributed by atoms with Gasteiger partial charge in [0.2, 0.25) is 0 Å².